The summed E-state index contributed by atoms with van der Waals surface area (Å²) in [4.78, 5) is 4.65. The first-order valence-electron chi connectivity index (χ1n) is 8.23. The Morgan fingerprint density at radius 3 is 2.58 bits per heavy atom. The molecular weight excluding hydrogens is 324 g/mol. The fourth-order valence-electron chi connectivity index (χ4n) is 2.50. The lowest BCUT2D eigenvalue weighted by Gasteiger charge is -2.18. The fraction of sp³-hybridized carbons (Fsp3) is 0.444. The first-order valence-corrected chi connectivity index (χ1v) is 8.61. The van der Waals surface area contributed by atoms with Crippen LogP contribution in [0, 0.1) is 13.8 Å². The number of guanidine groups is 1. The van der Waals surface area contributed by atoms with E-state index in [9.17, 15) is 0 Å². The molecule has 0 bridgehead atoms. The molecule has 5 nitrogen and oxygen atoms in total. The highest BCUT2D eigenvalue weighted by molar-refractivity contribution is 6.30. The van der Waals surface area contributed by atoms with Crippen LogP contribution in [0.5, 0.6) is 0 Å². The average molecular weight is 349 g/mol. The Bertz CT molecular complexity index is 659. The summed E-state index contributed by atoms with van der Waals surface area (Å²) in [6.45, 7) is 9.53. The molecule has 0 fully saturated rings. The van der Waals surface area contributed by atoms with E-state index < -0.39 is 0 Å². The predicted octanol–water partition coefficient (Wildman–Crippen LogP) is 3.80. The van der Waals surface area contributed by atoms with Crippen LogP contribution < -0.4 is 10.6 Å². The number of hydrogen-bond donors (Lipinski definition) is 2. The number of aryl methyl sites for hydroxylation is 2. The molecule has 0 aliphatic rings. The highest BCUT2D eigenvalue weighted by Gasteiger charge is 2.10. The lowest BCUT2D eigenvalue weighted by Crippen LogP contribution is -2.38. The lowest BCUT2D eigenvalue weighted by atomic mass is 10.1. The molecule has 1 aromatic carbocycles. The van der Waals surface area contributed by atoms with Gasteiger partial charge in [0.25, 0.3) is 0 Å². The molecule has 0 aliphatic carbocycles. The second kappa shape index (κ2) is 8.73. The fourth-order valence-corrected chi connectivity index (χ4v) is 2.62. The van der Waals surface area contributed by atoms with Gasteiger partial charge in [-0.2, -0.15) is 0 Å². The van der Waals surface area contributed by atoms with E-state index in [4.69, 9.17) is 16.1 Å². The van der Waals surface area contributed by atoms with E-state index in [1.54, 1.807) is 0 Å². The van der Waals surface area contributed by atoms with Crippen LogP contribution in [-0.4, -0.2) is 24.2 Å². The molecule has 2 N–H and O–H groups in total. The van der Waals surface area contributed by atoms with Gasteiger partial charge in [-0.15, -0.1) is 0 Å². The van der Waals surface area contributed by atoms with E-state index in [1.807, 2.05) is 38.1 Å². The van der Waals surface area contributed by atoms with Crippen LogP contribution in [0.1, 0.15) is 42.5 Å². The monoisotopic (exact) mass is 348 g/mol. The first kappa shape index (κ1) is 18.3. The number of rotatable bonds is 6. The highest BCUT2D eigenvalue weighted by Crippen LogP contribution is 2.16. The van der Waals surface area contributed by atoms with E-state index >= 15 is 0 Å². The molecule has 1 aromatic heterocycles. The Morgan fingerprint density at radius 1 is 1.29 bits per heavy atom. The molecule has 0 radical (unpaired) electrons. The number of aromatic nitrogens is 1. The maximum absolute atomic E-state index is 5.95. The molecule has 24 heavy (non-hydrogen) atoms. The van der Waals surface area contributed by atoms with Gasteiger partial charge < -0.3 is 15.2 Å². The number of hydrogen-bond acceptors (Lipinski definition) is 3. The van der Waals surface area contributed by atoms with Crippen molar-refractivity contribution in [3.05, 3.63) is 51.9 Å². The van der Waals surface area contributed by atoms with Gasteiger partial charge in [0, 0.05) is 23.7 Å². The van der Waals surface area contributed by atoms with Crippen LogP contribution >= 0.6 is 11.6 Å². The van der Waals surface area contributed by atoms with Gasteiger partial charge >= 0.3 is 0 Å². The van der Waals surface area contributed by atoms with Gasteiger partial charge in [-0.05, 0) is 51.8 Å². The summed E-state index contributed by atoms with van der Waals surface area (Å²) >= 11 is 5.95. The SMILES string of the molecule is CCNC(=NCCc1c(C)noc1C)NC(C)c1ccc(Cl)cc1. The van der Waals surface area contributed by atoms with Crippen LogP contribution in [0.2, 0.25) is 5.02 Å². The van der Waals surface area contributed by atoms with Crippen molar-refractivity contribution in [1.82, 2.24) is 15.8 Å². The second-order valence-corrected chi connectivity index (χ2v) is 6.17. The van der Waals surface area contributed by atoms with Crippen LogP contribution in [0.4, 0.5) is 0 Å². The topological polar surface area (TPSA) is 62.5 Å². The maximum atomic E-state index is 5.95. The van der Waals surface area contributed by atoms with E-state index in [0.717, 1.165) is 46.5 Å². The van der Waals surface area contributed by atoms with Crippen molar-refractivity contribution in [3.8, 4) is 0 Å². The minimum atomic E-state index is 0.138. The van der Waals surface area contributed by atoms with Crippen LogP contribution in [0.25, 0.3) is 0 Å². The molecule has 0 amide bonds. The van der Waals surface area contributed by atoms with Gasteiger partial charge in [-0.3, -0.25) is 4.99 Å². The minimum Gasteiger partial charge on any atom is -0.361 e. The largest absolute Gasteiger partial charge is 0.361 e. The minimum absolute atomic E-state index is 0.138. The summed E-state index contributed by atoms with van der Waals surface area (Å²) in [5.74, 6) is 1.67. The zero-order valence-corrected chi connectivity index (χ0v) is 15.4. The number of nitrogens with zero attached hydrogens (tertiary/aromatic N) is 2. The van der Waals surface area contributed by atoms with Gasteiger partial charge in [0.2, 0.25) is 0 Å². The summed E-state index contributed by atoms with van der Waals surface area (Å²) in [7, 11) is 0. The Kier molecular flexibility index (Phi) is 6.67. The smallest absolute Gasteiger partial charge is 0.191 e. The van der Waals surface area contributed by atoms with Crippen molar-refractivity contribution >= 4 is 17.6 Å². The van der Waals surface area contributed by atoms with Gasteiger partial charge in [0.1, 0.15) is 5.76 Å². The maximum Gasteiger partial charge on any atom is 0.191 e. The molecule has 0 spiro atoms. The third kappa shape index (κ3) is 4.99. The Hall–Kier alpha value is -2.01. The summed E-state index contributed by atoms with van der Waals surface area (Å²) in [5, 5.41) is 11.4. The van der Waals surface area contributed by atoms with Crippen molar-refractivity contribution in [2.24, 2.45) is 4.99 Å². The summed E-state index contributed by atoms with van der Waals surface area (Å²) < 4.78 is 5.19. The normalized spacial score (nSPS) is 13.0. The van der Waals surface area contributed by atoms with Crippen LogP contribution in [0.15, 0.2) is 33.8 Å². The molecular formula is C18H25ClN4O. The predicted molar refractivity (Wildman–Crippen MR) is 98.7 cm³/mol. The standard InChI is InChI=1S/C18H25ClN4O/c1-5-20-18(21-11-10-17-13(3)23-24-14(17)4)22-12(2)15-6-8-16(19)9-7-15/h6-9,12H,5,10-11H2,1-4H3,(H2,20,21,22). The molecule has 2 aromatic rings. The zero-order chi connectivity index (χ0) is 17.5. The molecule has 0 saturated carbocycles. The summed E-state index contributed by atoms with van der Waals surface area (Å²) in [6, 6.07) is 7.98. The zero-order valence-electron chi connectivity index (χ0n) is 14.7. The third-order valence-corrected chi connectivity index (χ3v) is 4.13. The summed E-state index contributed by atoms with van der Waals surface area (Å²) in [5.41, 5.74) is 3.24. The molecule has 0 aliphatic heterocycles. The highest BCUT2D eigenvalue weighted by atomic mass is 35.5. The van der Waals surface area contributed by atoms with Crippen molar-refractivity contribution in [2.75, 3.05) is 13.1 Å². The molecule has 2 rings (SSSR count). The summed E-state index contributed by atoms with van der Waals surface area (Å²) in [6.07, 6.45) is 0.813. The Morgan fingerprint density at radius 2 is 2.00 bits per heavy atom. The Balaban J connectivity index is 1.98. The first-order chi connectivity index (χ1) is 11.5. The van der Waals surface area contributed by atoms with Gasteiger partial charge in [-0.1, -0.05) is 28.9 Å². The molecule has 1 atom stereocenters. The lowest BCUT2D eigenvalue weighted by molar-refractivity contribution is 0.392. The molecule has 1 heterocycles. The molecule has 1 unspecified atom stereocenters. The van der Waals surface area contributed by atoms with E-state index in [-0.39, 0.29) is 6.04 Å². The molecule has 6 heteroatoms. The van der Waals surface area contributed by atoms with Gasteiger partial charge in [0.05, 0.1) is 11.7 Å². The number of halogens is 1. The van der Waals surface area contributed by atoms with Crippen molar-refractivity contribution in [2.45, 2.75) is 40.2 Å². The van der Waals surface area contributed by atoms with Crippen LogP contribution in [0.3, 0.4) is 0 Å². The second-order valence-electron chi connectivity index (χ2n) is 5.73. The van der Waals surface area contributed by atoms with Gasteiger partial charge in [-0.25, -0.2) is 0 Å². The van der Waals surface area contributed by atoms with Gasteiger partial charge in [0.15, 0.2) is 5.96 Å². The van der Waals surface area contributed by atoms with Crippen LogP contribution in [-0.2, 0) is 6.42 Å². The average Bonchev–Trinajstić information content (AvgIpc) is 2.87. The van der Waals surface area contributed by atoms with E-state index in [0.29, 0.717) is 6.54 Å². The molecule has 0 saturated heterocycles. The van der Waals surface area contributed by atoms with Crippen molar-refractivity contribution in [1.29, 1.82) is 0 Å². The van der Waals surface area contributed by atoms with Crippen molar-refractivity contribution < 1.29 is 4.52 Å². The number of nitrogens with one attached hydrogen (secondary N) is 2. The molecule has 130 valence electrons. The number of benzene rings is 1. The Labute approximate surface area is 148 Å². The third-order valence-electron chi connectivity index (χ3n) is 3.88. The van der Waals surface area contributed by atoms with Crippen molar-refractivity contribution in [3.63, 3.8) is 0 Å². The number of aliphatic imine (C=N–C) groups is 1. The van der Waals surface area contributed by atoms with E-state index in [2.05, 4.69) is 34.6 Å². The van der Waals surface area contributed by atoms with E-state index in [1.165, 1.54) is 0 Å². The quantitative estimate of drug-likeness (QED) is 0.615.